The summed E-state index contributed by atoms with van der Waals surface area (Å²) < 4.78 is 10.3. The molecule has 0 aliphatic rings. The van der Waals surface area contributed by atoms with Crippen LogP contribution >= 0.6 is 0 Å². The zero-order valence-electron chi connectivity index (χ0n) is 10.4. The molecule has 0 bridgehead atoms. The van der Waals surface area contributed by atoms with Crippen LogP contribution in [0, 0.1) is 5.92 Å². The van der Waals surface area contributed by atoms with Crippen LogP contribution in [0.5, 0.6) is 11.5 Å². The number of carbonyl (C=O) groups is 1. The minimum atomic E-state index is -0.769. The summed E-state index contributed by atoms with van der Waals surface area (Å²) in [6, 6.07) is 5.45. The fourth-order valence-corrected chi connectivity index (χ4v) is 1.68. The van der Waals surface area contributed by atoms with Crippen molar-refractivity contribution in [2.24, 2.45) is 5.92 Å². The molecule has 1 N–H and O–H groups in total. The molecule has 0 heterocycles. The summed E-state index contributed by atoms with van der Waals surface area (Å²) in [5.74, 6) is 0.222. The molecule has 1 aromatic carbocycles. The minimum Gasteiger partial charge on any atom is -0.497 e. The van der Waals surface area contributed by atoms with Gasteiger partial charge in [-0.1, -0.05) is 6.92 Å². The van der Waals surface area contributed by atoms with E-state index < -0.39 is 5.97 Å². The van der Waals surface area contributed by atoms with Gasteiger partial charge >= 0.3 is 5.97 Å². The fraction of sp³-hybridized carbons (Fsp3) is 0.462. The van der Waals surface area contributed by atoms with Gasteiger partial charge in [0.25, 0.3) is 0 Å². The average molecular weight is 238 g/mol. The summed E-state index contributed by atoms with van der Waals surface area (Å²) >= 11 is 0. The number of hydrogen-bond donors (Lipinski definition) is 1. The predicted molar refractivity (Wildman–Crippen MR) is 64.7 cm³/mol. The van der Waals surface area contributed by atoms with Crippen molar-refractivity contribution in [1.29, 1.82) is 0 Å². The highest BCUT2D eigenvalue weighted by Crippen LogP contribution is 2.24. The van der Waals surface area contributed by atoms with Gasteiger partial charge in [0.2, 0.25) is 0 Å². The van der Waals surface area contributed by atoms with Crippen molar-refractivity contribution in [3.63, 3.8) is 0 Å². The lowest BCUT2D eigenvalue weighted by atomic mass is 9.97. The van der Waals surface area contributed by atoms with Crippen LogP contribution < -0.4 is 9.47 Å². The van der Waals surface area contributed by atoms with Gasteiger partial charge in [-0.2, -0.15) is 0 Å². The van der Waals surface area contributed by atoms with E-state index in [1.54, 1.807) is 20.3 Å². The Morgan fingerprint density at radius 2 is 1.76 bits per heavy atom. The molecule has 0 saturated carbocycles. The second kappa shape index (κ2) is 6.13. The number of carboxylic acids is 1. The van der Waals surface area contributed by atoms with Gasteiger partial charge in [-0.15, -0.1) is 0 Å². The Morgan fingerprint density at radius 3 is 2.12 bits per heavy atom. The Morgan fingerprint density at radius 1 is 1.24 bits per heavy atom. The summed E-state index contributed by atoms with van der Waals surface area (Å²) in [5, 5.41) is 9.03. The van der Waals surface area contributed by atoms with Crippen molar-refractivity contribution in [1.82, 2.24) is 0 Å². The maximum absolute atomic E-state index is 11.0. The van der Waals surface area contributed by atoms with Crippen LogP contribution in [-0.4, -0.2) is 25.3 Å². The third-order valence-corrected chi connectivity index (χ3v) is 2.74. The molecule has 1 aromatic rings. The largest absolute Gasteiger partial charge is 0.497 e. The zero-order chi connectivity index (χ0) is 12.8. The summed E-state index contributed by atoms with van der Waals surface area (Å²) in [6.07, 6.45) is 1.09. The first-order valence-electron chi connectivity index (χ1n) is 5.55. The Kier molecular flexibility index (Phi) is 4.82. The summed E-state index contributed by atoms with van der Waals surface area (Å²) in [7, 11) is 3.15. The number of benzene rings is 1. The summed E-state index contributed by atoms with van der Waals surface area (Å²) in [4.78, 5) is 11.0. The van der Waals surface area contributed by atoms with Crippen LogP contribution in [0.15, 0.2) is 18.2 Å². The number of carboxylic acid groups (broad SMARTS) is 1. The molecule has 4 heteroatoms. The van der Waals surface area contributed by atoms with E-state index in [0.717, 1.165) is 5.56 Å². The van der Waals surface area contributed by atoms with Gasteiger partial charge in [-0.3, -0.25) is 4.79 Å². The standard InChI is InChI=1S/C13H18O4/c1-4-10(13(14)15)5-9-6-11(16-2)8-12(7-9)17-3/h6-8,10H,4-5H2,1-3H3,(H,14,15)/t10-/m0/s1. The molecular formula is C13H18O4. The molecule has 0 radical (unpaired) electrons. The summed E-state index contributed by atoms with van der Waals surface area (Å²) in [5.41, 5.74) is 0.912. The molecule has 0 aromatic heterocycles. The van der Waals surface area contributed by atoms with E-state index in [1.165, 1.54) is 0 Å². The third-order valence-electron chi connectivity index (χ3n) is 2.74. The molecule has 0 fully saturated rings. The highest BCUT2D eigenvalue weighted by Gasteiger charge is 2.16. The molecule has 0 amide bonds. The Bertz CT molecular complexity index is 365. The lowest BCUT2D eigenvalue weighted by Gasteiger charge is -2.12. The van der Waals surface area contributed by atoms with Crippen molar-refractivity contribution in [3.05, 3.63) is 23.8 Å². The monoisotopic (exact) mass is 238 g/mol. The SMILES string of the molecule is CC[C@@H](Cc1cc(OC)cc(OC)c1)C(=O)O. The number of rotatable bonds is 6. The number of aliphatic carboxylic acids is 1. The molecule has 0 aliphatic carbocycles. The van der Waals surface area contributed by atoms with Crippen molar-refractivity contribution in [3.8, 4) is 11.5 Å². The number of methoxy groups -OCH3 is 2. The van der Waals surface area contributed by atoms with E-state index in [-0.39, 0.29) is 5.92 Å². The second-order valence-electron chi connectivity index (χ2n) is 3.87. The van der Waals surface area contributed by atoms with Gasteiger partial charge in [0.1, 0.15) is 11.5 Å². The van der Waals surface area contributed by atoms with Crippen molar-refractivity contribution < 1.29 is 19.4 Å². The molecular weight excluding hydrogens is 220 g/mol. The van der Waals surface area contributed by atoms with Crippen molar-refractivity contribution >= 4 is 5.97 Å². The number of ether oxygens (including phenoxy) is 2. The fourth-order valence-electron chi connectivity index (χ4n) is 1.68. The average Bonchev–Trinajstić information content (AvgIpc) is 2.34. The van der Waals surface area contributed by atoms with Gasteiger partial charge < -0.3 is 14.6 Å². The Labute approximate surface area is 101 Å². The third kappa shape index (κ3) is 3.66. The van der Waals surface area contributed by atoms with E-state index in [4.69, 9.17) is 14.6 Å². The molecule has 94 valence electrons. The summed E-state index contributed by atoms with van der Waals surface area (Å²) in [6.45, 7) is 1.87. The number of hydrogen-bond acceptors (Lipinski definition) is 3. The molecule has 0 aliphatic heterocycles. The van der Waals surface area contributed by atoms with E-state index >= 15 is 0 Å². The Balaban J connectivity index is 2.92. The highest BCUT2D eigenvalue weighted by atomic mass is 16.5. The second-order valence-corrected chi connectivity index (χ2v) is 3.87. The minimum absolute atomic E-state index is 0.369. The quantitative estimate of drug-likeness (QED) is 0.826. The molecule has 0 unspecified atom stereocenters. The van der Waals surface area contributed by atoms with Crippen molar-refractivity contribution in [2.45, 2.75) is 19.8 Å². The molecule has 17 heavy (non-hydrogen) atoms. The van der Waals surface area contributed by atoms with E-state index in [2.05, 4.69) is 0 Å². The lowest BCUT2D eigenvalue weighted by Crippen LogP contribution is -2.15. The first-order valence-corrected chi connectivity index (χ1v) is 5.55. The smallest absolute Gasteiger partial charge is 0.306 e. The van der Waals surface area contributed by atoms with Gasteiger partial charge in [-0.05, 0) is 30.5 Å². The first-order chi connectivity index (χ1) is 8.10. The van der Waals surface area contributed by atoms with Crippen LogP contribution in [0.25, 0.3) is 0 Å². The highest BCUT2D eigenvalue weighted by molar-refractivity contribution is 5.70. The van der Waals surface area contributed by atoms with Crippen LogP contribution in [0.4, 0.5) is 0 Å². The lowest BCUT2D eigenvalue weighted by molar-refractivity contribution is -0.141. The van der Waals surface area contributed by atoms with Gasteiger partial charge in [-0.25, -0.2) is 0 Å². The molecule has 1 rings (SSSR count). The van der Waals surface area contributed by atoms with Crippen LogP contribution in [0.3, 0.4) is 0 Å². The maximum atomic E-state index is 11.0. The van der Waals surface area contributed by atoms with Crippen LogP contribution in [0.1, 0.15) is 18.9 Å². The topological polar surface area (TPSA) is 55.8 Å². The van der Waals surface area contributed by atoms with Crippen LogP contribution in [-0.2, 0) is 11.2 Å². The van der Waals surface area contributed by atoms with E-state index in [0.29, 0.717) is 24.3 Å². The van der Waals surface area contributed by atoms with Gasteiger partial charge in [0.05, 0.1) is 20.1 Å². The van der Waals surface area contributed by atoms with Crippen molar-refractivity contribution in [2.75, 3.05) is 14.2 Å². The molecule has 0 saturated heterocycles. The first kappa shape index (κ1) is 13.4. The van der Waals surface area contributed by atoms with Crippen LogP contribution in [0.2, 0.25) is 0 Å². The van der Waals surface area contributed by atoms with Gasteiger partial charge in [0.15, 0.2) is 0 Å². The van der Waals surface area contributed by atoms with E-state index in [1.807, 2.05) is 19.1 Å². The normalized spacial score (nSPS) is 11.9. The van der Waals surface area contributed by atoms with Gasteiger partial charge in [0, 0.05) is 6.07 Å². The zero-order valence-corrected chi connectivity index (χ0v) is 10.4. The molecule has 4 nitrogen and oxygen atoms in total. The maximum Gasteiger partial charge on any atom is 0.306 e. The Hall–Kier alpha value is -1.71. The van der Waals surface area contributed by atoms with E-state index in [9.17, 15) is 4.79 Å². The predicted octanol–water partition coefficient (Wildman–Crippen LogP) is 2.36. The molecule has 1 atom stereocenters. The molecule has 0 spiro atoms.